The topological polar surface area (TPSA) is 84.7 Å². The molecule has 0 spiro atoms. The molecule has 0 bridgehead atoms. The molecule has 0 atom stereocenters. The van der Waals surface area contributed by atoms with Crippen LogP contribution < -0.4 is 15.4 Å². The van der Waals surface area contributed by atoms with E-state index in [2.05, 4.69) is 15.6 Å². The maximum atomic E-state index is 12.6. The van der Waals surface area contributed by atoms with Crippen molar-refractivity contribution in [3.63, 3.8) is 0 Å². The summed E-state index contributed by atoms with van der Waals surface area (Å²) in [4.78, 5) is 29.3. The average Bonchev–Trinajstić information content (AvgIpc) is 3.03. The van der Waals surface area contributed by atoms with E-state index in [0.29, 0.717) is 42.2 Å². The summed E-state index contributed by atoms with van der Waals surface area (Å²) in [6, 6.07) is 9.47. The van der Waals surface area contributed by atoms with Crippen LogP contribution in [0.15, 0.2) is 36.5 Å². The molecule has 0 aliphatic heterocycles. The summed E-state index contributed by atoms with van der Waals surface area (Å²) in [6.07, 6.45) is 2.66. The van der Waals surface area contributed by atoms with Gasteiger partial charge >= 0.3 is 0 Å². The van der Waals surface area contributed by atoms with Gasteiger partial charge in [0.05, 0.1) is 18.5 Å². The molecule has 0 aliphatic rings. The first-order chi connectivity index (χ1) is 13.9. The number of carbonyl (C=O) groups is 2. The van der Waals surface area contributed by atoms with Gasteiger partial charge in [0.1, 0.15) is 17.1 Å². The van der Waals surface area contributed by atoms with E-state index in [0.717, 1.165) is 16.8 Å². The highest BCUT2D eigenvalue weighted by molar-refractivity contribution is 5.95. The number of nitrogens with one attached hydrogen (secondary N) is 2. The standard InChI is InChI=1S/C22H26N4O3/c1-14-9-10-18(29-4)17(13-14)25-19(27)8-5-11-23-22(28)20-16(3)24-21-15(2)7-6-12-26(20)21/h6-7,9-10,12-13H,5,8,11H2,1-4H3,(H,23,28)(H,25,27). The van der Waals surface area contributed by atoms with Crippen molar-refractivity contribution in [2.75, 3.05) is 19.0 Å². The van der Waals surface area contributed by atoms with Crippen molar-refractivity contribution in [3.05, 3.63) is 59.0 Å². The van der Waals surface area contributed by atoms with Gasteiger partial charge in [0.25, 0.3) is 5.91 Å². The molecule has 0 fully saturated rings. The number of benzene rings is 1. The Labute approximate surface area is 170 Å². The van der Waals surface area contributed by atoms with Crippen molar-refractivity contribution >= 4 is 23.1 Å². The predicted molar refractivity (Wildman–Crippen MR) is 113 cm³/mol. The Morgan fingerprint density at radius 3 is 2.72 bits per heavy atom. The molecular weight excluding hydrogens is 368 g/mol. The lowest BCUT2D eigenvalue weighted by Gasteiger charge is -2.11. The number of aromatic nitrogens is 2. The third kappa shape index (κ3) is 4.56. The molecule has 1 aromatic carbocycles. The summed E-state index contributed by atoms with van der Waals surface area (Å²) in [7, 11) is 1.57. The van der Waals surface area contributed by atoms with Crippen molar-refractivity contribution < 1.29 is 14.3 Å². The fourth-order valence-corrected chi connectivity index (χ4v) is 3.26. The van der Waals surface area contributed by atoms with Crippen molar-refractivity contribution in [1.29, 1.82) is 0 Å². The number of hydrogen-bond donors (Lipinski definition) is 2. The monoisotopic (exact) mass is 394 g/mol. The highest BCUT2D eigenvalue weighted by atomic mass is 16.5. The van der Waals surface area contributed by atoms with Gasteiger partial charge in [0.15, 0.2) is 0 Å². The first-order valence-electron chi connectivity index (χ1n) is 9.57. The van der Waals surface area contributed by atoms with Crippen LogP contribution in [0.25, 0.3) is 5.65 Å². The molecule has 7 heteroatoms. The zero-order valence-electron chi connectivity index (χ0n) is 17.2. The van der Waals surface area contributed by atoms with E-state index in [1.54, 1.807) is 11.5 Å². The van der Waals surface area contributed by atoms with E-state index < -0.39 is 0 Å². The molecule has 0 saturated carbocycles. The van der Waals surface area contributed by atoms with Crippen LogP contribution in [-0.4, -0.2) is 34.9 Å². The molecule has 152 valence electrons. The van der Waals surface area contributed by atoms with Crippen LogP contribution in [0.5, 0.6) is 5.75 Å². The quantitative estimate of drug-likeness (QED) is 0.602. The smallest absolute Gasteiger partial charge is 0.270 e. The summed E-state index contributed by atoms with van der Waals surface area (Å²) in [5.41, 5.74) is 4.68. The molecule has 0 saturated heterocycles. The zero-order chi connectivity index (χ0) is 21.0. The highest BCUT2D eigenvalue weighted by Crippen LogP contribution is 2.25. The van der Waals surface area contributed by atoms with Gasteiger partial charge in [-0.15, -0.1) is 0 Å². The van der Waals surface area contributed by atoms with Gasteiger partial charge in [-0.05, 0) is 56.5 Å². The number of imidazole rings is 1. The molecule has 2 N–H and O–H groups in total. The lowest BCUT2D eigenvalue weighted by atomic mass is 10.2. The number of rotatable bonds is 7. The lowest BCUT2D eigenvalue weighted by Crippen LogP contribution is -2.27. The lowest BCUT2D eigenvalue weighted by molar-refractivity contribution is -0.116. The maximum absolute atomic E-state index is 12.6. The van der Waals surface area contributed by atoms with Crippen molar-refractivity contribution in [3.8, 4) is 5.75 Å². The Hall–Kier alpha value is -3.35. The number of anilines is 1. The number of amides is 2. The third-order valence-electron chi connectivity index (χ3n) is 4.73. The number of fused-ring (bicyclic) bond motifs is 1. The number of carbonyl (C=O) groups excluding carboxylic acids is 2. The molecule has 2 heterocycles. The van der Waals surface area contributed by atoms with Crippen LogP contribution in [0.3, 0.4) is 0 Å². The van der Waals surface area contributed by atoms with Crippen LogP contribution in [0.1, 0.15) is 40.2 Å². The Morgan fingerprint density at radius 2 is 1.97 bits per heavy atom. The van der Waals surface area contributed by atoms with Gasteiger partial charge in [-0.1, -0.05) is 12.1 Å². The normalized spacial score (nSPS) is 10.8. The summed E-state index contributed by atoms with van der Waals surface area (Å²) in [6.45, 7) is 6.14. The van der Waals surface area contributed by atoms with E-state index in [-0.39, 0.29) is 11.8 Å². The second kappa shape index (κ2) is 8.77. The Kier molecular flexibility index (Phi) is 6.16. The fourth-order valence-electron chi connectivity index (χ4n) is 3.26. The van der Waals surface area contributed by atoms with Gasteiger partial charge in [-0.25, -0.2) is 4.98 Å². The first-order valence-corrected chi connectivity index (χ1v) is 9.57. The largest absolute Gasteiger partial charge is 0.495 e. The van der Waals surface area contributed by atoms with E-state index in [1.165, 1.54) is 0 Å². The van der Waals surface area contributed by atoms with E-state index in [4.69, 9.17) is 4.74 Å². The SMILES string of the molecule is COc1ccc(C)cc1NC(=O)CCCNC(=O)c1c(C)nc2c(C)cccn12. The van der Waals surface area contributed by atoms with Gasteiger partial charge in [-0.2, -0.15) is 0 Å². The Bertz CT molecular complexity index is 1060. The second-order valence-corrected chi connectivity index (χ2v) is 7.04. The first kappa shape index (κ1) is 20.4. The number of hydrogen-bond acceptors (Lipinski definition) is 4. The predicted octanol–water partition coefficient (Wildman–Crippen LogP) is 3.42. The number of methoxy groups -OCH3 is 1. The molecular formula is C22H26N4O3. The molecule has 2 amide bonds. The van der Waals surface area contributed by atoms with E-state index in [1.807, 2.05) is 57.3 Å². The minimum absolute atomic E-state index is 0.121. The molecule has 2 aromatic heterocycles. The van der Waals surface area contributed by atoms with Crippen molar-refractivity contribution in [2.24, 2.45) is 0 Å². The van der Waals surface area contributed by atoms with Crippen LogP contribution >= 0.6 is 0 Å². The fraction of sp³-hybridized carbons (Fsp3) is 0.318. The number of pyridine rings is 1. The molecule has 0 aliphatic carbocycles. The van der Waals surface area contributed by atoms with Crippen molar-refractivity contribution in [1.82, 2.24) is 14.7 Å². The Balaban J connectivity index is 1.54. The van der Waals surface area contributed by atoms with Crippen LogP contribution in [0.2, 0.25) is 0 Å². The van der Waals surface area contributed by atoms with Crippen LogP contribution in [0.4, 0.5) is 5.69 Å². The molecule has 3 rings (SSSR count). The van der Waals surface area contributed by atoms with Gasteiger partial charge in [-0.3, -0.25) is 14.0 Å². The highest BCUT2D eigenvalue weighted by Gasteiger charge is 2.17. The third-order valence-corrected chi connectivity index (χ3v) is 4.73. The maximum Gasteiger partial charge on any atom is 0.270 e. The second-order valence-electron chi connectivity index (χ2n) is 7.04. The van der Waals surface area contributed by atoms with Crippen LogP contribution in [-0.2, 0) is 4.79 Å². The Morgan fingerprint density at radius 1 is 1.17 bits per heavy atom. The summed E-state index contributed by atoms with van der Waals surface area (Å²) in [5.74, 6) is 0.307. The summed E-state index contributed by atoms with van der Waals surface area (Å²) in [5, 5.41) is 5.75. The summed E-state index contributed by atoms with van der Waals surface area (Å²) < 4.78 is 7.08. The number of ether oxygens (including phenoxy) is 1. The molecule has 29 heavy (non-hydrogen) atoms. The molecule has 3 aromatic rings. The van der Waals surface area contributed by atoms with Gasteiger partial charge in [0, 0.05) is 19.2 Å². The molecule has 0 radical (unpaired) electrons. The average molecular weight is 394 g/mol. The zero-order valence-corrected chi connectivity index (χ0v) is 17.2. The minimum atomic E-state index is -0.193. The van der Waals surface area contributed by atoms with E-state index in [9.17, 15) is 9.59 Å². The van der Waals surface area contributed by atoms with Gasteiger partial charge in [0.2, 0.25) is 5.91 Å². The van der Waals surface area contributed by atoms with Crippen LogP contribution in [0, 0.1) is 20.8 Å². The minimum Gasteiger partial charge on any atom is -0.495 e. The van der Waals surface area contributed by atoms with E-state index >= 15 is 0 Å². The number of nitrogens with zero attached hydrogens (tertiary/aromatic N) is 2. The molecule has 7 nitrogen and oxygen atoms in total. The van der Waals surface area contributed by atoms with Crippen molar-refractivity contribution in [2.45, 2.75) is 33.6 Å². The van der Waals surface area contributed by atoms with Gasteiger partial charge < -0.3 is 15.4 Å². The number of aryl methyl sites for hydroxylation is 3. The molecule has 0 unspecified atom stereocenters. The summed E-state index contributed by atoms with van der Waals surface area (Å²) >= 11 is 0.